The molecule has 24 heavy (non-hydrogen) atoms. The molecule has 0 atom stereocenters. The van der Waals surface area contributed by atoms with Gasteiger partial charge in [-0.25, -0.2) is 0 Å². The number of carbonyl (C=O) groups excluding carboxylic acids is 1. The van der Waals surface area contributed by atoms with Crippen LogP contribution >= 0.6 is 0 Å². The molecule has 1 amide bonds. The molecule has 6 nitrogen and oxygen atoms in total. The summed E-state index contributed by atoms with van der Waals surface area (Å²) in [5.74, 6) is 0.880. The SMILES string of the molecule is Cc1noc(C(C)C)c1C(=O)N1CCN(Cc2cccnc2)CC1. The van der Waals surface area contributed by atoms with Crippen molar-refractivity contribution in [2.45, 2.75) is 33.2 Å². The van der Waals surface area contributed by atoms with Crippen LogP contribution in [-0.2, 0) is 6.54 Å². The summed E-state index contributed by atoms with van der Waals surface area (Å²) in [6.07, 6.45) is 3.68. The first kappa shape index (κ1) is 16.6. The molecule has 3 heterocycles. The Hall–Kier alpha value is -2.21. The molecule has 1 saturated heterocycles. The molecule has 0 spiro atoms. The van der Waals surface area contributed by atoms with Gasteiger partial charge in [-0.2, -0.15) is 0 Å². The van der Waals surface area contributed by atoms with Crippen LogP contribution in [0.3, 0.4) is 0 Å². The number of hydrogen-bond acceptors (Lipinski definition) is 5. The summed E-state index contributed by atoms with van der Waals surface area (Å²) >= 11 is 0. The Labute approximate surface area is 142 Å². The minimum Gasteiger partial charge on any atom is -0.360 e. The molecule has 3 rings (SSSR count). The van der Waals surface area contributed by atoms with Crippen molar-refractivity contribution in [3.63, 3.8) is 0 Å². The third-order valence-corrected chi connectivity index (χ3v) is 4.42. The second kappa shape index (κ2) is 7.13. The number of pyridine rings is 1. The zero-order valence-corrected chi connectivity index (χ0v) is 14.5. The molecule has 0 saturated carbocycles. The smallest absolute Gasteiger partial charge is 0.259 e. The lowest BCUT2D eigenvalue weighted by atomic mass is 10.0. The summed E-state index contributed by atoms with van der Waals surface area (Å²) in [4.78, 5) is 21.3. The molecule has 6 heteroatoms. The van der Waals surface area contributed by atoms with Gasteiger partial charge in [-0.1, -0.05) is 25.1 Å². The fourth-order valence-electron chi connectivity index (χ4n) is 3.06. The molecule has 0 bridgehead atoms. The average molecular weight is 328 g/mol. The molecular formula is C18H24N4O2. The van der Waals surface area contributed by atoms with Gasteiger partial charge in [-0.3, -0.25) is 14.7 Å². The molecule has 2 aromatic heterocycles. The van der Waals surface area contributed by atoms with Gasteiger partial charge in [-0.15, -0.1) is 0 Å². The molecule has 2 aromatic rings. The van der Waals surface area contributed by atoms with E-state index < -0.39 is 0 Å². The van der Waals surface area contributed by atoms with Crippen molar-refractivity contribution in [1.82, 2.24) is 19.9 Å². The van der Waals surface area contributed by atoms with Crippen LogP contribution in [0.1, 0.15) is 47.1 Å². The maximum atomic E-state index is 12.9. The highest BCUT2D eigenvalue weighted by Crippen LogP contribution is 2.24. The standard InChI is InChI=1S/C18H24N4O2/c1-13(2)17-16(14(3)20-24-17)18(23)22-9-7-21(8-10-22)12-15-5-4-6-19-11-15/h4-6,11,13H,7-10,12H2,1-3H3. The Morgan fingerprint density at radius 1 is 1.29 bits per heavy atom. The van der Waals surface area contributed by atoms with Crippen LogP contribution in [0.2, 0.25) is 0 Å². The number of rotatable bonds is 4. The molecule has 0 aromatic carbocycles. The van der Waals surface area contributed by atoms with E-state index in [2.05, 4.69) is 21.1 Å². The minimum absolute atomic E-state index is 0.0403. The van der Waals surface area contributed by atoms with Crippen molar-refractivity contribution in [2.75, 3.05) is 26.2 Å². The predicted octanol–water partition coefficient (Wildman–Crippen LogP) is 2.46. The van der Waals surface area contributed by atoms with Crippen LogP contribution in [0.15, 0.2) is 29.0 Å². The van der Waals surface area contributed by atoms with E-state index in [-0.39, 0.29) is 11.8 Å². The maximum Gasteiger partial charge on any atom is 0.259 e. The summed E-state index contributed by atoms with van der Waals surface area (Å²) < 4.78 is 5.35. The average Bonchev–Trinajstić information content (AvgIpc) is 2.98. The molecule has 128 valence electrons. The van der Waals surface area contributed by atoms with E-state index in [1.54, 1.807) is 6.20 Å². The Morgan fingerprint density at radius 3 is 2.67 bits per heavy atom. The zero-order chi connectivity index (χ0) is 17.1. The third-order valence-electron chi connectivity index (χ3n) is 4.42. The first-order valence-corrected chi connectivity index (χ1v) is 8.43. The van der Waals surface area contributed by atoms with Gasteiger partial charge in [0.1, 0.15) is 5.56 Å². The third kappa shape index (κ3) is 3.48. The Kier molecular flexibility index (Phi) is 4.94. The topological polar surface area (TPSA) is 62.5 Å². The van der Waals surface area contributed by atoms with E-state index in [0.717, 1.165) is 32.7 Å². The normalized spacial score (nSPS) is 15.9. The van der Waals surface area contributed by atoms with Crippen LogP contribution in [0.4, 0.5) is 0 Å². The number of amides is 1. The highest BCUT2D eigenvalue weighted by molar-refractivity contribution is 5.96. The fraction of sp³-hybridized carbons (Fsp3) is 0.500. The van der Waals surface area contributed by atoms with E-state index in [1.165, 1.54) is 5.56 Å². The molecule has 0 radical (unpaired) electrons. The molecule has 1 fully saturated rings. The highest BCUT2D eigenvalue weighted by Gasteiger charge is 2.28. The quantitative estimate of drug-likeness (QED) is 0.863. The number of nitrogens with zero attached hydrogens (tertiary/aromatic N) is 4. The minimum atomic E-state index is 0.0403. The lowest BCUT2D eigenvalue weighted by molar-refractivity contribution is 0.0625. The number of aromatic nitrogens is 2. The van der Waals surface area contributed by atoms with Crippen molar-refractivity contribution < 1.29 is 9.32 Å². The Balaban J connectivity index is 1.62. The number of piperazine rings is 1. The fourth-order valence-corrected chi connectivity index (χ4v) is 3.06. The second-order valence-electron chi connectivity index (χ2n) is 6.59. The summed E-state index contributed by atoms with van der Waals surface area (Å²) in [7, 11) is 0. The molecule has 1 aliphatic heterocycles. The lowest BCUT2D eigenvalue weighted by Gasteiger charge is -2.34. The second-order valence-corrected chi connectivity index (χ2v) is 6.59. The lowest BCUT2D eigenvalue weighted by Crippen LogP contribution is -2.48. The van der Waals surface area contributed by atoms with Crippen molar-refractivity contribution in [3.8, 4) is 0 Å². The van der Waals surface area contributed by atoms with Crippen molar-refractivity contribution in [3.05, 3.63) is 47.1 Å². The van der Waals surface area contributed by atoms with Gasteiger partial charge in [-0.05, 0) is 18.6 Å². The monoisotopic (exact) mass is 328 g/mol. The molecule has 0 N–H and O–H groups in total. The van der Waals surface area contributed by atoms with Gasteiger partial charge in [0.05, 0.1) is 5.69 Å². The molecule has 1 aliphatic rings. The van der Waals surface area contributed by atoms with E-state index in [4.69, 9.17) is 4.52 Å². The Bertz CT molecular complexity index is 688. The van der Waals surface area contributed by atoms with Crippen molar-refractivity contribution in [1.29, 1.82) is 0 Å². The molecule has 0 aliphatic carbocycles. The van der Waals surface area contributed by atoms with Gasteiger partial charge < -0.3 is 9.42 Å². The number of hydrogen-bond donors (Lipinski definition) is 0. The summed E-state index contributed by atoms with van der Waals surface area (Å²) in [5.41, 5.74) is 2.53. The van der Waals surface area contributed by atoms with Crippen LogP contribution in [0, 0.1) is 6.92 Å². The van der Waals surface area contributed by atoms with Gasteiger partial charge in [0.2, 0.25) is 0 Å². The maximum absolute atomic E-state index is 12.9. The van der Waals surface area contributed by atoms with E-state index >= 15 is 0 Å². The number of aryl methyl sites for hydroxylation is 1. The van der Waals surface area contributed by atoms with Crippen molar-refractivity contribution in [2.24, 2.45) is 0 Å². The first-order valence-electron chi connectivity index (χ1n) is 8.43. The van der Waals surface area contributed by atoms with Gasteiger partial charge >= 0.3 is 0 Å². The van der Waals surface area contributed by atoms with E-state index in [1.807, 2.05) is 37.9 Å². The van der Waals surface area contributed by atoms with Crippen LogP contribution in [0.25, 0.3) is 0 Å². The summed E-state index contributed by atoms with van der Waals surface area (Å²) in [6, 6.07) is 4.04. The largest absolute Gasteiger partial charge is 0.360 e. The van der Waals surface area contributed by atoms with Crippen molar-refractivity contribution >= 4 is 5.91 Å². The van der Waals surface area contributed by atoms with Gasteiger partial charge in [0, 0.05) is 51.0 Å². The summed E-state index contributed by atoms with van der Waals surface area (Å²) in [5, 5.41) is 3.98. The summed E-state index contributed by atoms with van der Waals surface area (Å²) in [6.45, 7) is 9.91. The van der Waals surface area contributed by atoms with Crippen LogP contribution < -0.4 is 0 Å². The predicted molar refractivity (Wildman–Crippen MR) is 90.7 cm³/mol. The van der Waals surface area contributed by atoms with Gasteiger partial charge in [0.15, 0.2) is 5.76 Å². The van der Waals surface area contributed by atoms with Crippen LogP contribution in [-0.4, -0.2) is 52.0 Å². The highest BCUT2D eigenvalue weighted by atomic mass is 16.5. The molecule has 0 unspecified atom stereocenters. The number of carbonyl (C=O) groups is 1. The Morgan fingerprint density at radius 2 is 2.04 bits per heavy atom. The zero-order valence-electron chi connectivity index (χ0n) is 14.5. The van der Waals surface area contributed by atoms with Crippen LogP contribution in [0.5, 0.6) is 0 Å². The van der Waals surface area contributed by atoms with Gasteiger partial charge in [0.25, 0.3) is 5.91 Å². The van der Waals surface area contributed by atoms with E-state index in [9.17, 15) is 4.79 Å². The van der Waals surface area contributed by atoms with E-state index in [0.29, 0.717) is 17.0 Å². The molecular weight excluding hydrogens is 304 g/mol. The first-order chi connectivity index (χ1) is 11.6.